The largest absolute Gasteiger partial charge is 0.396 e. The van der Waals surface area contributed by atoms with Crippen molar-refractivity contribution in [3.05, 3.63) is 0 Å². The first-order valence-corrected chi connectivity index (χ1v) is 8.91. The predicted octanol–water partition coefficient (Wildman–Crippen LogP) is 3.74. The molecule has 0 rings (SSSR count). The Labute approximate surface area is 124 Å². The number of aliphatic hydroxyl groups excluding tert-OH is 1. The van der Waals surface area contributed by atoms with Crippen LogP contribution in [0.3, 0.4) is 0 Å². The molecule has 0 aliphatic heterocycles. The minimum absolute atomic E-state index is 0.348. The van der Waals surface area contributed by atoms with Crippen LogP contribution < -0.4 is 0 Å². The molecule has 0 aliphatic carbocycles. The van der Waals surface area contributed by atoms with E-state index < -0.39 is 10.4 Å². The van der Waals surface area contributed by atoms with Crippen molar-refractivity contribution in [2.75, 3.05) is 6.61 Å². The van der Waals surface area contributed by atoms with Gasteiger partial charge in [0.05, 0.1) is 0 Å². The summed E-state index contributed by atoms with van der Waals surface area (Å²) in [5, 5.41) is 8.95. The summed E-state index contributed by atoms with van der Waals surface area (Å²) in [5.41, 5.74) is 0. The van der Waals surface area contributed by atoms with Crippen molar-refractivity contribution >= 4 is 10.4 Å². The van der Waals surface area contributed by atoms with Gasteiger partial charge in [0.25, 0.3) is 0 Å². The van der Waals surface area contributed by atoms with Gasteiger partial charge in [0.2, 0.25) is 0 Å². The summed E-state index contributed by atoms with van der Waals surface area (Å²) in [7, 11) is -4.67. The van der Waals surface area contributed by atoms with Crippen molar-refractivity contribution in [1.29, 1.82) is 0 Å². The molecule has 20 heavy (non-hydrogen) atoms. The van der Waals surface area contributed by atoms with Gasteiger partial charge in [-0.1, -0.05) is 65.7 Å². The Hall–Kier alpha value is -0.170. The topological polar surface area (TPSA) is 94.8 Å². The fourth-order valence-corrected chi connectivity index (χ4v) is 2.15. The average Bonchev–Trinajstić information content (AvgIpc) is 2.31. The fourth-order valence-electron chi connectivity index (χ4n) is 2.15. The third kappa shape index (κ3) is 26.4. The Bertz CT molecular complexity index is 282. The molecule has 0 heterocycles. The summed E-state index contributed by atoms with van der Waals surface area (Å²) in [4.78, 5) is 0. The normalized spacial score (nSPS) is 14.3. The highest BCUT2D eigenvalue weighted by Crippen LogP contribution is 2.18. The number of aliphatic hydroxyl groups is 1. The molecule has 0 spiro atoms. The average molecular weight is 312 g/mol. The molecule has 2 unspecified atom stereocenters. The molecule has 0 aromatic carbocycles. The first-order valence-electron chi connectivity index (χ1n) is 7.51. The highest BCUT2D eigenvalue weighted by Gasteiger charge is 2.07. The number of unbranched alkanes of at least 4 members (excludes halogenated alkanes) is 5. The molecule has 5 nitrogen and oxygen atoms in total. The maximum atomic E-state index is 8.95. The van der Waals surface area contributed by atoms with Crippen molar-refractivity contribution < 1.29 is 22.6 Å². The number of hydrogen-bond acceptors (Lipinski definition) is 3. The smallest absolute Gasteiger partial charge is 0.394 e. The third-order valence-corrected chi connectivity index (χ3v) is 3.17. The summed E-state index contributed by atoms with van der Waals surface area (Å²) >= 11 is 0. The molecule has 0 aromatic heterocycles. The monoisotopic (exact) mass is 312 g/mol. The zero-order valence-electron chi connectivity index (χ0n) is 13.1. The Morgan fingerprint density at radius 1 is 0.900 bits per heavy atom. The van der Waals surface area contributed by atoms with Gasteiger partial charge in [-0.05, 0) is 18.3 Å². The summed E-state index contributed by atoms with van der Waals surface area (Å²) in [6.45, 7) is 7.06. The first kappa shape index (κ1) is 22.1. The van der Waals surface area contributed by atoms with E-state index in [-0.39, 0.29) is 0 Å². The molecule has 124 valence electrons. The van der Waals surface area contributed by atoms with Crippen LogP contribution >= 0.6 is 0 Å². The molecule has 0 radical (unpaired) electrons. The van der Waals surface area contributed by atoms with E-state index >= 15 is 0 Å². The van der Waals surface area contributed by atoms with E-state index in [4.69, 9.17) is 22.6 Å². The van der Waals surface area contributed by atoms with Crippen molar-refractivity contribution in [2.24, 2.45) is 11.8 Å². The van der Waals surface area contributed by atoms with Crippen LogP contribution in [0.2, 0.25) is 0 Å². The summed E-state index contributed by atoms with van der Waals surface area (Å²) < 4.78 is 31.6. The molecule has 0 saturated carbocycles. The van der Waals surface area contributed by atoms with Gasteiger partial charge >= 0.3 is 10.4 Å². The molecule has 0 fully saturated rings. The van der Waals surface area contributed by atoms with Crippen LogP contribution in [0.15, 0.2) is 0 Å². The van der Waals surface area contributed by atoms with Crippen LogP contribution in [0.4, 0.5) is 0 Å². The fraction of sp³-hybridized carbons (Fsp3) is 1.00. The van der Waals surface area contributed by atoms with Crippen molar-refractivity contribution in [1.82, 2.24) is 0 Å². The molecule has 0 bridgehead atoms. The molecular weight excluding hydrogens is 280 g/mol. The second-order valence-electron chi connectivity index (χ2n) is 5.63. The molecular formula is C14H32O5S. The lowest BCUT2D eigenvalue weighted by Gasteiger charge is -2.14. The standard InChI is InChI=1S/C14H30O.H2O4S/c1-4-5-6-7-8-9-10-13(2)11-14(3)12-15;1-5(2,3)4/h13-15H,4-12H2,1-3H3;(H2,1,2,3,4). The quantitative estimate of drug-likeness (QED) is 0.422. The molecule has 6 heteroatoms. The van der Waals surface area contributed by atoms with E-state index in [0.29, 0.717) is 12.5 Å². The molecule has 0 aliphatic rings. The van der Waals surface area contributed by atoms with E-state index in [0.717, 1.165) is 5.92 Å². The van der Waals surface area contributed by atoms with Crippen LogP contribution in [0, 0.1) is 11.8 Å². The van der Waals surface area contributed by atoms with Gasteiger partial charge in [0, 0.05) is 6.61 Å². The second-order valence-corrected chi connectivity index (χ2v) is 6.53. The van der Waals surface area contributed by atoms with Gasteiger partial charge < -0.3 is 5.11 Å². The zero-order valence-corrected chi connectivity index (χ0v) is 13.9. The van der Waals surface area contributed by atoms with Crippen molar-refractivity contribution in [2.45, 2.75) is 72.1 Å². The van der Waals surface area contributed by atoms with Gasteiger partial charge in [-0.3, -0.25) is 9.11 Å². The highest BCUT2D eigenvalue weighted by molar-refractivity contribution is 7.79. The molecule has 2 atom stereocenters. The Kier molecular flexibility index (Phi) is 15.3. The van der Waals surface area contributed by atoms with Gasteiger partial charge in [0.15, 0.2) is 0 Å². The minimum Gasteiger partial charge on any atom is -0.396 e. The number of rotatable bonds is 10. The second kappa shape index (κ2) is 13.8. The zero-order chi connectivity index (χ0) is 16.0. The van der Waals surface area contributed by atoms with Gasteiger partial charge in [-0.15, -0.1) is 0 Å². The van der Waals surface area contributed by atoms with E-state index in [2.05, 4.69) is 20.8 Å². The maximum Gasteiger partial charge on any atom is 0.394 e. The summed E-state index contributed by atoms with van der Waals surface area (Å²) in [6.07, 6.45) is 10.9. The molecule has 3 N–H and O–H groups in total. The van der Waals surface area contributed by atoms with E-state index in [1.807, 2.05) is 0 Å². The minimum atomic E-state index is -4.67. The van der Waals surface area contributed by atoms with Crippen LogP contribution in [0.1, 0.15) is 72.1 Å². The maximum absolute atomic E-state index is 8.95. The van der Waals surface area contributed by atoms with Crippen molar-refractivity contribution in [3.8, 4) is 0 Å². The Balaban J connectivity index is 0. The number of hydrogen-bond donors (Lipinski definition) is 3. The predicted molar refractivity (Wildman–Crippen MR) is 82.2 cm³/mol. The SMILES string of the molecule is CCCCCCCCC(C)CC(C)CO.O=S(=O)(O)O. The molecule has 0 saturated heterocycles. The molecule has 0 amide bonds. The van der Waals surface area contributed by atoms with Gasteiger partial charge in [-0.2, -0.15) is 8.42 Å². The van der Waals surface area contributed by atoms with Crippen LogP contribution in [-0.2, 0) is 10.4 Å². The highest BCUT2D eigenvalue weighted by atomic mass is 32.3. The lowest BCUT2D eigenvalue weighted by Crippen LogP contribution is -2.06. The summed E-state index contributed by atoms with van der Waals surface area (Å²) in [6, 6.07) is 0. The third-order valence-electron chi connectivity index (χ3n) is 3.17. The Morgan fingerprint density at radius 3 is 1.80 bits per heavy atom. The van der Waals surface area contributed by atoms with E-state index in [1.54, 1.807) is 0 Å². The Morgan fingerprint density at radius 2 is 1.35 bits per heavy atom. The van der Waals surface area contributed by atoms with Crippen LogP contribution in [0.5, 0.6) is 0 Å². The van der Waals surface area contributed by atoms with Crippen molar-refractivity contribution in [3.63, 3.8) is 0 Å². The van der Waals surface area contributed by atoms with E-state index in [9.17, 15) is 0 Å². The molecule has 0 aromatic rings. The summed E-state index contributed by atoms with van der Waals surface area (Å²) in [5.74, 6) is 1.28. The van der Waals surface area contributed by atoms with Gasteiger partial charge in [-0.25, -0.2) is 0 Å². The van der Waals surface area contributed by atoms with E-state index in [1.165, 1.54) is 51.4 Å². The first-order chi connectivity index (χ1) is 9.20. The van der Waals surface area contributed by atoms with Crippen LogP contribution in [0.25, 0.3) is 0 Å². The van der Waals surface area contributed by atoms with Gasteiger partial charge in [0.1, 0.15) is 0 Å². The lowest BCUT2D eigenvalue weighted by molar-refractivity contribution is 0.212. The lowest BCUT2D eigenvalue weighted by atomic mass is 9.93. The van der Waals surface area contributed by atoms with Crippen LogP contribution in [-0.4, -0.2) is 29.2 Å².